The Morgan fingerprint density at radius 1 is 1.33 bits per heavy atom. The lowest BCUT2D eigenvalue weighted by Crippen LogP contribution is -2.43. The van der Waals surface area contributed by atoms with E-state index in [2.05, 4.69) is 31.9 Å². The number of hydrogen-bond acceptors (Lipinski definition) is 1. The third kappa shape index (κ3) is 8.88. The van der Waals surface area contributed by atoms with E-state index in [4.69, 9.17) is 0 Å². The minimum absolute atomic E-state index is 0.618. The van der Waals surface area contributed by atoms with Gasteiger partial charge in [0.25, 0.3) is 0 Å². The Bertz CT molecular complexity index is 80.1. The number of likely N-dealkylation sites (N-methyl/N-ethyl adjacent to an activating group) is 1. The van der Waals surface area contributed by atoms with E-state index in [1.54, 1.807) is 0 Å². The third-order valence-electron chi connectivity index (χ3n) is 0.665. The minimum atomic E-state index is -0.918. The molecule has 0 aromatic rings. The smallest absolute Gasteiger partial charge is 0.224 e. The van der Waals surface area contributed by atoms with E-state index < -0.39 is 3.42 Å². The SMILES string of the molecule is C[N+](C)(C)CC(O)(Br)Br. The molecular weight excluding hydrogens is 250 g/mol. The summed E-state index contributed by atoms with van der Waals surface area (Å²) in [7, 11) is 6.02. The zero-order chi connectivity index (χ0) is 7.71. The number of hydrogen-bond donors (Lipinski definition) is 1. The van der Waals surface area contributed by atoms with Crippen LogP contribution < -0.4 is 0 Å². The molecule has 0 unspecified atom stereocenters. The van der Waals surface area contributed by atoms with Gasteiger partial charge < -0.3 is 9.59 Å². The highest BCUT2D eigenvalue weighted by Crippen LogP contribution is 2.23. The van der Waals surface area contributed by atoms with Gasteiger partial charge in [-0.2, -0.15) is 0 Å². The molecule has 56 valence electrons. The first-order valence-corrected chi connectivity index (χ1v) is 4.20. The van der Waals surface area contributed by atoms with E-state index in [9.17, 15) is 5.11 Å². The predicted molar refractivity (Wildman–Crippen MR) is 45.7 cm³/mol. The summed E-state index contributed by atoms with van der Waals surface area (Å²) in [4.78, 5) is 0. The van der Waals surface area contributed by atoms with Crippen molar-refractivity contribution >= 4 is 31.9 Å². The van der Waals surface area contributed by atoms with Gasteiger partial charge in [-0.15, -0.1) is 0 Å². The van der Waals surface area contributed by atoms with E-state index >= 15 is 0 Å². The second-order valence-corrected chi connectivity index (χ2v) is 6.80. The van der Waals surface area contributed by atoms with Crippen molar-refractivity contribution in [3.63, 3.8) is 0 Å². The van der Waals surface area contributed by atoms with Crippen LogP contribution in [0.15, 0.2) is 0 Å². The number of aliphatic hydroxyl groups is 1. The van der Waals surface area contributed by atoms with Crippen molar-refractivity contribution in [2.75, 3.05) is 27.7 Å². The first-order chi connectivity index (χ1) is 3.71. The van der Waals surface area contributed by atoms with Crippen molar-refractivity contribution in [2.45, 2.75) is 3.42 Å². The van der Waals surface area contributed by atoms with Crippen LogP contribution in [0.5, 0.6) is 0 Å². The molecule has 0 saturated carbocycles. The fourth-order valence-electron chi connectivity index (χ4n) is 0.571. The van der Waals surface area contributed by atoms with E-state index in [0.717, 1.165) is 0 Å². The quantitative estimate of drug-likeness (QED) is 0.584. The normalized spacial score (nSPS) is 14.0. The molecule has 0 radical (unpaired) electrons. The van der Waals surface area contributed by atoms with Crippen molar-refractivity contribution in [3.8, 4) is 0 Å². The predicted octanol–water partition coefficient (Wildman–Crippen LogP) is 1.13. The Hall–Kier alpha value is 0.880. The van der Waals surface area contributed by atoms with E-state index in [1.165, 1.54) is 0 Å². The van der Waals surface area contributed by atoms with Gasteiger partial charge >= 0.3 is 0 Å². The van der Waals surface area contributed by atoms with Crippen LogP contribution in [0.2, 0.25) is 0 Å². The third-order valence-corrected chi connectivity index (χ3v) is 1.17. The lowest BCUT2D eigenvalue weighted by molar-refractivity contribution is -0.872. The molecule has 0 aliphatic carbocycles. The van der Waals surface area contributed by atoms with Crippen LogP contribution in [0.3, 0.4) is 0 Å². The molecule has 0 saturated heterocycles. The summed E-state index contributed by atoms with van der Waals surface area (Å²) < 4.78 is -0.203. The van der Waals surface area contributed by atoms with Crippen LogP contribution in [0.1, 0.15) is 0 Å². The summed E-state index contributed by atoms with van der Waals surface area (Å²) in [5.74, 6) is 0. The van der Waals surface area contributed by atoms with Crippen LogP contribution in [-0.2, 0) is 0 Å². The molecule has 0 heterocycles. The van der Waals surface area contributed by atoms with Gasteiger partial charge in [-0.1, -0.05) is 0 Å². The summed E-state index contributed by atoms with van der Waals surface area (Å²) in [5.41, 5.74) is 0. The Morgan fingerprint density at radius 2 is 1.67 bits per heavy atom. The summed E-state index contributed by atoms with van der Waals surface area (Å²) in [6.45, 7) is 0.618. The van der Waals surface area contributed by atoms with E-state index in [1.807, 2.05) is 21.1 Å². The highest BCUT2D eigenvalue weighted by Gasteiger charge is 2.26. The Balaban J connectivity index is 3.75. The molecule has 0 fully saturated rings. The summed E-state index contributed by atoms with van der Waals surface area (Å²) in [6.07, 6.45) is 0. The Kier molecular flexibility index (Phi) is 3.14. The van der Waals surface area contributed by atoms with Crippen LogP contribution >= 0.6 is 31.9 Å². The largest absolute Gasteiger partial charge is 0.365 e. The molecule has 0 aromatic heterocycles. The molecule has 0 amide bonds. The minimum Gasteiger partial charge on any atom is -0.365 e. The lowest BCUT2D eigenvalue weighted by Gasteiger charge is -2.28. The highest BCUT2D eigenvalue weighted by molar-refractivity contribution is 9.25. The maximum atomic E-state index is 9.17. The molecule has 0 rings (SSSR count). The maximum Gasteiger partial charge on any atom is 0.224 e. The number of rotatable bonds is 2. The Morgan fingerprint density at radius 3 is 1.67 bits per heavy atom. The molecular formula is C5H12Br2NO+. The van der Waals surface area contributed by atoms with Crippen LogP contribution in [-0.4, -0.2) is 40.7 Å². The molecule has 0 spiro atoms. The maximum absolute atomic E-state index is 9.17. The van der Waals surface area contributed by atoms with Crippen molar-refractivity contribution < 1.29 is 9.59 Å². The molecule has 9 heavy (non-hydrogen) atoms. The van der Waals surface area contributed by atoms with Gasteiger partial charge in [0.1, 0.15) is 6.54 Å². The number of nitrogens with zero attached hydrogens (tertiary/aromatic N) is 1. The first-order valence-electron chi connectivity index (χ1n) is 2.61. The topological polar surface area (TPSA) is 20.2 Å². The summed E-state index contributed by atoms with van der Waals surface area (Å²) in [6, 6.07) is 0. The lowest BCUT2D eigenvalue weighted by atomic mass is 10.5. The fraction of sp³-hybridized carbons (Fsp3) is 1.00. The monoisotopic (exact) mass is 260 g/mol. The van der Waals surface area contributed by atoms with Crippen molar-refractivity contribution in [2.24, 2.45) is 0 Å². The Labute approximate surface area is 72.7 Å². The van der Waals surface area contributed by atoms with Gasteiger partial charge in [0.2, 0.25) is 3.42 Å². The summed E-state index contributed by atoms with van der Waals surface area (Å²) >= 11 is 6.14. The van der Waals surface area contributed by atoms with Crippen LogP contribution in [0.25, 0.3) is 0 Å². The summed E-state index contributed by atoms with van der Waals surface area (Å²) in [5, 5.41) is 9.17. The highest BCUT2D eigenvalue weighted by atomic mass is 79.9. The van der Waals surface area contributed by atoms with Gasteiger partial charge in [0, 0.05) is 0 Å². The van der Waals surface area contributed by atoms with Crippen LogP contribution in [0, 0.1) is 0 Å². The number of quaternary nitrogens is 1. The van der Waals surface area contributed by atoms with Gasteiger partial charge in [0.15, 0.2) is 0 Å². The van der Waals surface area contributed by atoms with Crippen LogP contribution in [0.4, 0.5) is 0 Å². The van der Waals surface area contributed by atoms with Gasteiger partial charge in [-0.3, -0.25) is 0 Å². The molecule has 1 N–H and O–H groups in total. The number of alkyl halides is 2. The molecule has 0 aromatic carbocycles. The molecule has 0 aliphatic heterocycles. The molecule has 0 bridgehead atoms. The van der Waals surface area contributed by atoms with Gasteiger partial charge in [-0.05, 0) is 31.9 Å². The zero-order valence-electron chi connectivity index (χ0n) is 5.86. The second kappa shape index (κ2) is 2.86. The van der Waals surface area contributed by atoms with Crippen molar-refractivity contribution in [1.29, 1.82) is 0 Å². The average molecular weight is 262 g/mol. The zero-order valence-corrected chi connectivity index (χ0v) is 9.03. The van der Waals surface area contributed by atoms with Gasteiger partial charge in [-0.25, -0.2) is 0 Å². The molecule has 4 heteroatoms. The molecule has 2 nitrogen and oxygen atoms in total. The van der Waals surface area contributed by atoms with Crippen molar-refractivity contribution in [1.82, 2.24) is 0 Å². The standard InChI is InChI=1S/C5H12Br2NO/c1-8(2,3)4-5(6,7)9/h9H,4H2,1-3H3/q+1. The van der Waals surface area contributed by atoms with Gasteiger partial charge in [0.05, 0.1) is 21.1 Å². The second-order valence-electron chi connectivity index (χ2n) is 3.11. The van der Waals surface area contributed by atoms with E-state index in [0.29, 0.717) is 11.0 Å². The fourth-order valence-corrected chi connectivity index (χ4v) is 2.08. The number of halogens is 2. The molecule has 0 aliphatic rings. The average Bonchev–Trinajstić information content (AvgIpc) is 1.14. The van der Waals surface area contributed by atoms with Crippen molar-refractivity contribution in [3.05, 3.63) is 0 Å². The van der Waals surface area contributed by atoms with E-state index in [-0.39, 0.29) is 0 Å². The first kappa shape index (κ1) is 9.88. The molecule has 0 atom stereocenters.